The Balaban J connectivity index is 1.81. The van der Waals surface area contributed by atoms with Crippen molar-refractivity contribution in [1.29, 1.82) is 0 Å². The highest BCUT2D eigenvalue weighted by molar-refractivity contribution is 5.95. The smallest absolute Gasteiger partial charge is 0.251 e. The number of nitrogens with one attached hydrogen (secondary N) is 1. The molecule has 0 aliphatic heterocycles. The number of methoxy groups -OCH3 is 4. The molecule has 2 aromatic rings. The zero-order valence-corrected chi connectivity index (χ0v) is 17.5. The Kier molecular flexibility index (Phi) is 6.86. The fourth-order valence-corrected chi connectivity index (χ4v) is 4.02. The molecule has 1 saturated carbocycles. The summed E-state index contributed by atoms with van der Waals surface area (Å²) in [4.78, 5) is 12.9. The van der Waals surface area contributed by atoms with Gasteiger partial charge in [0.2, 0.25) is 0 Å². The molecule has 0 aromatic heterocycles. The molecule has 1 aliphatic carbocycles. The highest BCUT2D eigenvalue weighted by Gasteiger charge is 2.29. The van der Waals surface area contributed by atoms with Crippen LogP contribution in [0.2, 0.25) is 0 Å². The molecule has 2 aromatic carbocycles. The Hall–Kier alpha value is -2.89. The molecule has 6 nitrogen and oxygen atoms in total. The Morgan fingerprint density at radius 2 is 1.38 bits per heavy atom. The van der Waals surface area contributed by atoms with Gasteiger partial charge in [0.05, 0.1) is 28.4 Å². The van der Waals surface area contributed by atoms with E-state index >= 15 is 0 Å². The van der Waals surface area contributed by atoms with Crippen LogP contribution in [0.25, 0.3) is 0 Å². The molecule has 0 radical (unpaired) electrons. The number of hydrogen-bond donors (Lipinski definition) is 1. The van der Waals surface area contributed by atoms with Gasteiger partial charge in [0.15, 0.2) is 23.0 Å². The predicted molar refractivity (Wildman–Crippen MR) is 112 cm³/mol. The maximum Gasteiger partial charge on any atom is 0.251 e. The summed E-state index contributed by atoms with van der Waals surface area (Å²) >= 11 is 0. The van der Waals surface area contributed by atoms with E-state index in [1.807, 2.05) is 12.1 Å². The van der Waals surface area contributed by atoms with Crippen molar-refractivity contribution in [3.05, 3.63) is 47.5 Å². The van der Waals surface area contributed by atoms with Crippen LogP contribution in [0.3, 0.4) is 0 Å². The van der Waals surface area contributed by atoms with Crippen molar-refractivity contribution >= 4 is 5.91 Å². The fourth-order valence-electron chi connectivity index (χ4n) is 4.02. The number of amides is 1. The van der Waals surface area contributed by atoms with Crippen LogP contribution in [0.15, 0.2) is 36.4 Å². The van der Waals surface area contributed by atoms with E-state index in [1.165, 1.54) is 0 Å². The lowest BCUT2D eigenvalue weighted by Gasteiger charge is -2.33. The van der Waals surface area contributed by atoms with Crippen molar-refractivity contribution < 1.29 is 23.7 Å². The van der Waals surface area contributed by atoms with Crippen molar-refractivity contribution in [2.45, 2.75) is 37.6 Å². The molecule has 1 N–H and O–H groups in total. The standard InChI is InChI=1S/C23H29NO5/c1-26-19-11-9-15(13-21(19)28-3)17-7-5-6-8-18(17)24-23(25)16-10-12-20(27-2)22(14-16)29-4/h9-14,17-18H,5-8H2,1-4H3,(H,24,25)/t17-,18-/m1/s1. The summed E-state index contributed by atoms with van der Waals surface area (Å²) in [7, 11) is 6.41. The monoisotopic (exact) mass is 399 g/mol. The topological polar surface area (TPSA) is 66.0 Å². The summed E-state index contributed by atoms with van der Waals surface area (Å²) in [6.45, 7) is 0. The molecule has 1 amide bonds. The van der Waals surface area contributed by atoms with Crippen molar-refractivity contribution in [3.8, 4) is 23.0 Å². The summed E-state index contributed by atoms with van der Waals surface area (Å²) in [5.74, 6) is 2.68. The second-order valence-electron chi connectivity index (χ2n) is 7.16. The quantitative estimate of drug-likeness (QED) is 0.757. The lowest BCUT2D eigenvalue weighted by atomic mass is 9.79. The lowest BCUT2D eigenvalue weighted by Crippen LogP contribution is -2.41. The average molecular weight is 399 g/mol. The average Bonchev–Trinajstić information content (AvgIpc) is 2.78. The minimum absolute atomic E-state index is 0.0578. The molecule has 1 fully saturated rings. The van der Waals surface area contributed by atoms with Crippen LogP contribution in [0.1, 0.15) is 47.5 Å². The maximum absolute atomic E-state index is 12.9. The zero-order chi connectivity index (χ0) is 20.8. The summed E-state index contributed by atoms with van der Waals surface area (Å²) in [6.07, 6.45) is 4.20. The number of ether oxygens (including phenoxy) is 4. The molecule has 0 spiro atoms. The second-order valence-corrected chi connectivity index (χ2v) is 7.16. The van der Waals surface area contributed by atoms with Crippen LogP contribution in [0, 0.1) is 0 Å². The van der Waals surface area contributed by atoms with Crippen molar-refractivity contribution in [2.24, 2.45) is 0 Å². The third-order valence-electron chi connectivity index (χ3n) is 5.56. The van der Waals surface area contributed by atoms with Crippen LogP contribution in [-0.4, -0.2) is 40.4 Å². The molecule has 29 heavy (non-hydrogen) atoms. The minimum Gasteiger partial charge on any atom is -0.493 e. The van der Waals surface area contributed by atoms with E-state index in [9.17, 15) is 4.79 Å². The van der Waals surface area contributed by atoms with E-state index in [2.05, 4.69) is 11.4 Å². The number of hydrogen-bond acceptors (Lipinski definition) is 5. The molecule has 6 heteroatoms. The van der Waals surface area contributed by atoms with Gasteiger partial charge in [-0.1, -0.05) is 18.9 Å². The van der Waals surface area contributed by atoms with Gasteiger partial charge in [-0.25, -0.2) is 0 Å². The van der Waals surface area contributed by atoms with E-state index in [0.717, 1.165) is 31.2 Å². The number of benzene rings is 2. The van der Waals surface area contributed by atoms with Gasteiger partial charge in [0, 0.05) is 17.5 Å². The second kappa shape index (κ2) is 9.54. The van der Waals surface area contributed by atoms with Crippen LogP contribution in [-0.2, 0) is 0 Å². The first-order valence-electron chi connectivity index (χ1n) is 9.86. The fraction of sp³-hybridized carbons (Fsp3) is 0.435. The third-order valence-corrected chi connectivity index (χ3v) is 5.56. The van der Waals surface area contributed by atoms with Gasteiger partial charge in [-0.2, -0.15) is 0 Å². The Morgan fingerprint density at radius 1 is 0.793 bits per heavy atom. The normalized spacial score (nSPS) is 18.6. The minimum atomic E-state index is -0.108. The van der Waals surface area contributed by atoms with Crippen molar-refractivity contribution in [2.75, 3.05) is 28.4 Å². The first kappa shape index (κ1) is 20.8. The van der Waals surface area contributed by atoms with Crippen LogP contribution >= 0.6 is 0 Å². The molecular weight excluding hydrogens is 370 g/mol. The van der Waals surface area contributed by atoms with Gasteiger partial charge >= 0.3 is 0 Å². The van der Waals surface area contributed by atoms with E-state index in [1.54, 1.807) is 46.6 Å². The molecule has 0 heterocycles. The molecule has 0 unspecified atom stereocenters. The van der Waals surface area contributed by atoms with Gasteiger partial charge in [0.1, 0.15) is 0 Å². The summed E-state index contributed by atoms with van der Waals surface area (Å²) in [5, 5.41) is 3.23. The predicted octanol–water partition coefficient (Wildman–Crippen LogP) is 4.18. The molecule has 3 rings (SSSR count). The Morgan fingerprint density at radius 3 is 2.03 bits per heavy atom. The van der Waals surface area contributed by atoms with Gasteiger partial charge in [-0.3, -0.25) is 4.79 Å². The van der Waals surface area contributed by atoms with Crippen LogP contribution in [0.5, 0.6) is 23.0 Å². The molecular formula is C23H29NO5. The maximum atomic E-state index is 12.9. The number of carbonyl (C=O) groups is 1. The van der Waals surface area contributed by atoms with E-state index < -0.39 is 0 Å². The van der Waals surface area contributed by atoms with Gasteiger partial charge in [-0.15, -0.1) is 0 Å². The Bertz CT molecular complexity index is 851. The van der Waals surface area contributed by atoms with Gasteiger partial charge < -0.3 is 24.3 Å². The lowest BCUT2D eigenvalue weighted by molar-refractivity contribution is 0.0920. The molecule has 156 valence electrons. The van der Waals surface area contributed by atoms with Crippen molar-refractivity contribution in [3.63, 3.8) is 0 Å². The summed E-state index contributed by atoms with van der Waals surface area (Å²) < 4.78 is 21.4. The third kappa shape index (κ3) is 4.58. The highest BCUT2D eigenvalue weighted by Crippen LogP contribution is 2.37. The zero-order valence-electron chi connectivity index (χ0n) is 17.5. The first-order chi connectivity index (χ1) is 14.1. The Labute approximate surface area is 172 Å². The molecule has 2 atom stereocenters. The number of rotatable bonds is 7. The van der Waals surface area contributed by atoms with Crippen molar-refractivity contribution in [1.82, 2.24) is 5.32 Å². The largest absolute Gasteiger partial charge is 0.493 e. The molecule has 1 aliphatic rings. The number of carbonyl (C=O) groups excluding carboxylic acids is 1. The highest BCUT2D eigenvalue weighted by atomic mass is 16.5. The van der Waals surface area contributed by atoms with Gasteiger partial charge in [0.25, 0.3) is 5.91 Å². The van der Waals surface area contributed by atoms with Crippen LogP contribution in [0.4, 0.5) is 0 Å². The SMILES string of the molecule is COc1ccc(C(=O)N[C@@H]2CCCC[C@@H]2c2ccc(OC)c(OC)c2)cc1OC. The molecule has 0 bridgehead atoms. The first-order valence-corrected chi connectivity index (χ1v) is 9.86. The summed E-state index contributed by atoms with van der Waals surface area (Å²) in [5.41, 5.74) is 1.71. The molecule has 0 saturated heterocycles. The van der Waals surface area contributed by atoms with E-state index in [4.69, 9.17) is 18.9 Å². The summed E-state index contributed by atoms with van der Waals surface area (Å²) in [6, 6.07) is 11.3. The van der Waals surface area contributed by atoms with Crippen LogP contribution < -0.4 is 24.3 Å². The van der Waals surface area contributed by atoms with E-state index in [-0.39, 0.29) is 17.9 Å². The van der Waals surface area contributed by atoms with E-state index in [0.29, 0.717) is 28.6 Å². The van der Waals surface area contributed by atoms with Gasteiger partial charge in [-0.05, 0) is 48.7 Å².